The summed E-state index contributed by atoms with van der Waals surface area (Å²) in [5.41, 5.74) is 3.71. The largest absolute Gasteiger partial charge is 0.364 e. The summed E-state index contributed by atoms with van der Waals surface area (Å²) in [6.07, 6.45) is 5.67. The number of hydrogen-bond acceptors (Lipinski definition) is 6. The highest BCUT2D eigenvalue weighted by Gasteiger charge is 2.37. The van der Waals surface area contributed by atoms with E-state index in [4.69, 9.17) is 5.26 Å². The van der Waals surface area contributed by atoms with Gasteiger partial charge >= 0.3 is 0 Å². The van der Waals surface area contributed by atoms with Gasteiger partial charge in [0.15, 0.2) is 0 Å². The number of anilines is 1. The van der Waals surface area contributed by atoms with E-state index in [1.165, 1.54) is 0 Å². The van der Waals surface area contributed by atoms with Crippen LogP contribution in [0.1, 0.15) is 69.7 Å². The van der Waals surface area contributed by atoms with Crippen LogP contribution in [-0.2, 0) is 13.6 Å². The molecule has 0 N–H and O–H groups in total. The number of hydrogen-bond donors (Lipinski definition) is 0. The van der Waals surface area contributed by atoms with Gasteiger partial charge in [-0.25, -0.2) is 4.98 Å². The monoisotopic (exact) mass is 491 g/mol. The summed E-state index contributed by atoms with van der Waals surface area (Å²) in [7, 11) is 1.74. The summed E-state index contributed by atoms with van der Waals surface area (Å²) in [6, 6.07) is 8.06. The lowest BCUT2D eigenvalue weighted by Gasteiger charge is -2.49. The maximum atomic E-state index is 14.8. The second-order valence-electron chi connectivity index (χ2n) is 10.2. The quantitative estimate of drug-likeness (QED) is 0.463. The second-order valence-corrected chi connectivity index (χ2v) is 10.2. The number of aromatic nitrogens is 4. The third-order valence-corrected chi connectivity index (χ3v) is 8.00. The lowest BCUT2D eigenvalue weighted by Crippen LogP contribution is -2.59. The van der Waals surface area contributed by atoms with Gasteiger partial charge in [0.25, 0.3) is 5.56 Å². The molecule has 3 atom stereocenters. The molecular weight excluding hydrogens is 457 g/mol. The second kappa shape index (κ2) is 9.66. The van der Waals surface area contributed by atoms with Crippen LogP contribution in [0.5, 0.6) is 0 Å². The highest BCUT2D eigenvalue weighted by molar-refractivity contribution is 5.88. The molecule has 0 amide bonds. The van der Waals surface area contributed by atoms with Crippen LogP contribution in [-0.4, -0.2) is 49.4 Å². The molecule has 1 saturated heterocycles. The normalized spacial score (nSPS) is 21.6. The molecule has 1 aliphatic carbocycles. The molecule has 9 heteroatoms. The Morgan fingerprint density at radius 2 is 1.94 bits per heavy atom. The minimum atomic E-state index is -0.323. The van der Waals surface area contributed by atoms with E-state index in [1.54, 1.807) is 28.6 Å². The molecule has 3 aromatic heterocycles. The van der Waals surface area contributed by atoms with E-state index < -0.39 is 0 Å². The standard InChI is InChI=1S/C27H34FN7O/c1-5-19-15-35(23-13-25(36)32(4)24-16-33(12-11-29)31-26(23)24)20(6-2)14-34(19)17(3)22-10-9-21(18-7-8-18)27(28)30-22/h9-10,13,16-20H,5-8,12,14-15H2,1-4H3/t17?,19-,20+/m1/s1. The van der Waals surface area contributed by atoms with E-state index in [2.05, 4.69) is 46.7 Å². The van der Waals surface area contributed by atoms with Gasteiger partial charge in [-0.05, 0) is 44.6 Å². The van der Waals surface area contributed by atoms with Gasteiger partial charge in [0.1, 0.15) is 12.1 Å². The van der Waals surface area contributed by atoms with Crippen molar-refractivity contribution in [2.24, 2.45) is 7.05 Å². The Morgan fingerprint density at radius 1 is 1.19 bits per heavy atom. The van der Waals surface area contributed by atoms with Gasteiger partial charge in [0.2, 0.25) is 5.95 Å². The molecule has 1 aliphatic heterocycles. The van der Waals surface area contributed by atoms with Crippen molar-refractivity contribution in [3.63, 3.8) is 0 Å². The van der Waals surface area contributed by atoms with E-state index in [9.17, 15) is 9.18 Å². The molecule has 8 nitrogen and oxygen atoms in total. The van der Waals surface area contributed by atoms with Crippen molar-refractivity contribution in [1.29, 1.82) is 5.26 Å². The molecule has 0 aromatic carbocycles. The first kappa shape index (κ1) is 24.4. The van der Waals surface area contributed by atoms with Crippen LogP contribution in [0.3, 0.4) is 0 Å². The van der Waals surface area contributed by atoms with Crippen LogP contribution in [0.25, 0.3) is 11.0 Å². The first-order valence-corrected chi connectivity index (χ1v) is 13.0. The Kier molecular flexibility index (Phi) is 6.56. The van der Waals surface area contributed by atoms with Crippen LogP contribution in [0.2, 0.25) is 0 Å². The predicted molar refractivity (Wildman–Crippen MR) is 137 cm³/mol. The van der Waals surface area contributed by atoms with Crippen LogP contribution in [0, 0.1) is 17.3 Å². The molecule has 0 spiro atoms. The van der Waals surface area contributed by atoms with E-state index in [0.29, 0.717) is 5.92 Å². The highest BCUT2D eigenvalue weighted by atomic mass is 19.1. The average Bonchev–Trinajstić information content (AvgIpc) is 3.64. The third-order valence-electron chi connectivity index (χ3n) is 8.00. The van der Waals surface area contributed by atoms with Gasteiger partial charge < -0.3 is 9.47 Å². The van der Waals surface area contributed by atoms with Gasteiger partial charge in [-0.2, -0.15) is 14.8 Å². The minimum Gasteiger partial charge on any atom is -0.364 e. The van der Waals surface area contributed by atoms with Crippen LogP contribution >= 0.6 is 0 Å². The van der Waals surface area contributed by atoms with Crippen LogP contribution in [0.4, 0.5) is 10.1 Å². The summed E-state index contributed by atoms with van der Waals surface area (Å²) < 4.78 is 17.9. The first-order valence-electron chi connectivity index (χ1n) is 13.0. The molecule has 190 valence electrons. The molecule has 0 bridgehead atoms. The van der Waals surface area contributed by atoms with E-state index in [-0.39, 0.29) is 36.2 Å². The van der Waals surface area contributed by atoms with E-state index in [0.717, 1.165) is 66.8 Å². The van der Waals surface area contributed by atoms with Gasteiger partial charge in [-0.15, -0.1) is 0 Å². The summed E-state index contributed by atoms with van der Waals surface area (Å²) in [5, 5.41) is 13.8. The third kappa shape index (κ3) is 4.28. The fourth-order valence-electron chi connectivity index (χ4n) is 5.63. The van der Waals surface area contributed by atoms with Gasteiger partial charge in [-0.3, -0.25) is 14.4 Å². The fraction of sp³-hybridized carbons (Fsp3) is 0.556. The SMILES string of the molecule is CC[C@H]1CN(C(C)c2ccc(C3CC3)c(F)n2)[C@H](CC)CN1c1cc(=O)n(C)c2cn(CC#N)nc12. The van der Waals surface area contributed by atoms with Crippen molar-refractivity contribution < 1.29 is 4.39 Å². The summed E-state index contributed by atoms with van der Waals surface area (Å²) >= 11 is 0. The van der Waals surface area contributed by atoms with E-state index >= 15 is 0 Å². The van der Waals surface area contributed by atoms with Crippen molar-refractivity contribution in [3.8, 4) is 6.07 Å². The molecular formula is C27H34FN7O. The number of halogens is 1. The van der Waals surface area contributed by atoms with Crippen molar-refractivity contribution in [2.45, 2.75) is 77.0 Å². The van der Waals surface area contributed by atoms with Crippen molar-refractivity contribution in [1.82, 2.24) is 24.2 Å². The van der Waals surface area contributed by atoms with Gasteiger partial charge in [0.05, 0.1) is 29.2 Å². The number of pyridine rings is 2. The maximum Gasteiger partial charge on any atom is 0.252 e. The van der Waals surface area contributed by atoms with Crippen molar-refractivity contribution in [3.05, 3.63) is 52.0 Å². The molecule has 36 heavy (non-hydrogen) atoms. The number of nitrogens with zero attached hydrogens (tertiary/aromatic N) is 7. The number of nitriles is 1. The number of aryl methyl sites for hydroxylation is 1. The smallest absolute Gasteiger partial charge is 0.252 e. The van der Waals surface area contributed by atoms with Gasteiger partial charge in [-0.1, -0.05) is 19.9 Å². The minimum absolute atomic E-state index is 0.0209. The summed E-state index contributed by atoms with van der Waals surface area (Å²) in [6.45, 7) is 8.08. The molecule has 5 rings (SSSR count). The Morgan fingerprint density at radius 3 is 2.58 bits per heavy atom. The van der Waals surface area contributed by atoms with Crippen LogP contribution < -0.4 is 10.5 Å². The Balaban J connectivity index is 1.47. The number of fused-ring (bicyclic) bond motifs is 1. The Labute approximate surface area is 210 Å². The zero-order valence-electron chi connectivity index (χ0n) is 21.5. The summed E-state index contributed by atoms with van der Waals surface area (Å²) in [5.74, 6) is 0.0152. The molecule has 0 radical (unpaired) electrons. The van der Waals surface area contributed by atoms with Gasteiger partial charge in [0, 0.05) is 49.9 Å². The zero-order valence-corrected chi connectivity index (χ0v) is 21.5. The molecule has 1 saturated carbocycles. The topological polar surface area (TPSA) is 83.0 Å². The molecule has 3 aromatic rings. The zero-order chi connectivity index (χ0) is 25.6. The molecule has 2 aliphatic rings. The fourth-order valence-corrected chi connectivity index (χ4v) is 5.63. The maximum absolute atomic E-state index is 14.8. The van der Waals surface area contributed by atoms with Crippen molar-refractivity contribution >= 4 is 16.7 Å². The predicted octanol–water partition coefficient (Wildman–Crippen LogP) is 4.11. The lowest BCUT2D eigenvalue weighted by molar-refractivity contribution is 0.0987. The van der Waals surface area contributed by atoms with Crippen molar-refractivity contribution in [2.75, 3.05) is 18.0 Å². The summed E-state index contributed by atoms with van der Waals surface area (Å²) in [4.78, 5) is 22.0. The Bertz CT molecular complexity index is 1370. The number of rotatable bonds is 7. The lowest BCUT2D eigenvalue weighted by atomic mass is 9.98. The molecule has 2 fully saturated rings. The van der Waals surface area contributed by atoms with E-state index in [1.807, 2.05) is 12.1 Å². The molecule has 1 unspecified atom stereocenters. The highest BCUT2D eigenvalue weighted by Crippen LogP contribution is 2.41. The average molecular weight is 492 g/mol. The first-order chi connectivity index (χ1) is 17.4. The molecule has 4 heterocycles. The Hall–Kier alpha value is -3.25. The van der Waals surface area contributed by atoms with Crippen LogP contribution in [0.15, 0.2) is 29.2 Å². The number of piperazine rings is 1.